The van der Waals surface area contributed by atoms with Gasteiger partial charge in [-0.05, 0) is 19.1 Å². The summed E-state index contributed by atoms with van der Waals surface area (Å²) in [6.07, 6.45) is 0. The Balaban J connectivity index is 2.86. The molecular formula is C11H13NO3S. The molecule has 1 atom stereocenters. The molecule has 1 aromatic rings. The van der Waals surface area contributed by atoms with E-state index in [9.17, 15) is 9.59 Å². The zero-order valence-corrected chi connectivity index (χ0v) is 9.88. The van der Waals surface area contributed by atoms with Gasteiger partial charge in [0.15, 0.2) is 0 Å². The monoisotopic (exact) mass is 239 g/mol. The number of amides is 1. The first-order valence-corrected chi connectivity index (χ1v) is 5.64. The van der Waals surface area contributed by atoms with Crippen LogP contribution in [0.4, 0.5) is 5.69 Å². The van der Waals surface area contributed by atoms with Crippen LogP contribution in [0.2, 0.25) is 0 Å². The number of carboxylic acid groups (broad SMARTS) is 1. The molecule has 0 fully saturated rings. The molecule has 1 aromatic carbocycles. The van der Waals surface area contributed by atoms with Crippen molar-refractivity contribution >= 4 is 29.3 Å². The lowest BCUT2D eigenvalue weighted by Gasteiger charge is -2.11. The minimum absolute atomic E-state index is 0.170. The molecule has 0 aromatic heterocycles. The summed E-state index contributed by atoms with van der Waals surface area (Å²) in [5.74, 6) is -1.04. The maximum absolute atomic E-state index is 10.9. The van der Waals surface area contributed by atoms with Gasteiger partial charge in [0, 0.05) is 11.8 Å². The van der Waals surface area contributed by atoms with Gasteiger partial charge in [-0.2, -0.15) is 0 Å². The zero-order valence-electron chi connectivity index (χ0n) is 9.06. The molecule has 0 aliphatic carbocycles. The van der Waals surface area contributed by atoms with Gasteiger partial charge in [-0.3, -0.25) is 9.59 Å². The fourth-order valence-electron chi connectivity index (χ4n) is 1.10. The van der Waals surface area contributed by atoms with Gasteiger partial charge in [-0.15, -0.1) is 11.8 Å². The van der Waals surface area contributed by atoms with Crippen molar-refractivity contribution in [2.75, 3.05) is 5.32 Å². The Labute approximate surface area is 98.0 Å². The van der Waals surface area contributed by atoms with Crippen molar-refractivity contribution in [2.45, 2.75) is 24.0 Å². The summed E-state index contributed by atoms with van der Waals surface area (Å²) >= 11 is 1.21. The van der Waals surface area contributed by atoms with Crippen LogP contribution in [0, 0.1) is 0 Å². The summed E-state index contributed by atoms with van der Waals surface area (Å²) in [5.41, 5.74) is 0.646. The van der Waals surface area contributed by atoms with Crippen LogP contribution in [-0.2, 0) is 9.59 Å². The number of benzene rings is 1. The van der Waals surface area contributed by atoms with Gasteiger partial charge >= 0.3 is 5.97 Å². The molecule has 0 aliphatic heterocycles. The Morgan fingerprint density at radius 3 is 2.56 bits per heavy atom. The van der Waals surface area contributed by atoms with Crippen LogP contribution < -0.4 is 5.32 Å². The fourth-order valence-corrected chi connectivity index (χ4v) is 1.99. The third-order valence-corrected chi connectivity index (χ3v) is 3.01. The van der Waals surface area contributed by atoms with Gasteiger partial charge in [0.05, 0.1) is 5.69 Å². The summed E-state index contributed by atoms with van der Waals surface area (Å²) in [6, 6.07) is 7.14. The van der Waals surface area contributed by atoms with Crippen molar-refractivity contribution in [3.05, 3.63) is 24.3 Å². The van der Waals surface area contributed by atoms with E-state index in [1.165, 1.54) is 18.7 Å². The summed E-state index contributed by atoms with van der Waals surface area (Å²) in [7, 11) is 0. The molecule has 5 heteroatoms. The summed E-state index contributed by atoms with van der Waals surface area (Å²) in [6.45, 7) is 3.03. The quantitative estimate of drug-likeness (QED) is 0.790. The number of nitrogens with one attached hydrogen (secondary N) is 1. The van der Waals surface area contributed by atoms with E-state index in [1.54, 1.807) is 25.1 Å². The zero-order chi connectivity index (χ0) is 12.1. The SMILES string of the molecule is CC(=O)Nc1ccccc1S[C@@H](C)C(=O)O. The molecule has 16 heavy (non-hydrogen) atoms. The van der Waals surface area contributed by atoms with E-state index < -0.39 is 11.2 Å². The topological polar surface area (TPSA) is 66.4 Å². The molecule has 86 valence electrons. The van der Waals surface area contributed by atoms with Crippen LogP contribution in [-0.4, -0.2) is 22.2 Å². The first-order chi connectivity index (χ1) is 7.50. The third-order valence-electron chi connectivity index (χ3n) is 1.85. The second-order valence-corrected chi connectivity index (χ2v) is 4.66. The van der Waals surface area contributed by atoms with Gasteiger partial charge in [-0.25, -0.2) is 0 Å². The fraction of sp³-hybridized carbons (Fsp3) is 0.273. The molecule has 0 heterocycles. The molecular weight excluding hydrogens is 226 g/mol. The number of carboxylic acids is 1. The van der Waals surface area contributed by atoms with E-state index in [0.29, 0.717) is 5.69 Å². The highest BCUT2D eigenvalue weighted by Crippen LogP contribution is 2.30. The average molecular weight is 239 g/mol. The number of thioether (sulfide) groups is 1. The minimum atomic E-state index is -0.873. The lowest BCUT2D eigenvalue weighted by molar-refractivity contribution is -0.136. The normalized spacial score (nSPS) is 11.9. The van der Waals surface area contributed by atoms with E-state index in [2.05, 4.69) is 5.32 Å². The van der Waals surface area contributed by atoms with Crippen molar-refractivity contribution in [3.8, 4) is 0 Å². The van der Waals surface area contributed by atoms with Crippen LogP contribution in [0.3, 0.4) is 0 Å². The van der Waals surface area contributed by atoms with E-state index in [1.807, 2.05) is 6.07 Å². The van der Waals surface area contributed by atoms with Gasteiger partial charge in [0.25, 0.3) is 0 Å². The van der Waals surface area contributed by atoms with Gasteiger partial charge in [0.2, 0.25) is 5.91 Å². The van der Waals surface area contributed by atoms with Crippen molar-refractivity contribution in [1.29, 1.82) is 0 Å². The highest BCUT2D eigenvalue weighted by atomic mass is 32.2. The van der Waals surface area contributed by atoms with Crippen molar-refractivity contribution in [3.63, 3.8) is 0 Å². The standard InChI is InChI=1S/C11H13NO3S/c1-7(11(14)15)16-10-6-4-3-5-9(10)12-8(2)13/h3-7H,1-2H3,(H,12,13)(H,14,15)/t7-/m0/s1. The average Bonchev–Trinajstić information content (AvgIpc) is 2.20. The number of carbonyl (C=O) groups is 2. The van der Waals surface area contributed by atoms with E-state index in [-0.39, 0.29) is 5.91 Å². The summed E-state index contributed by atoms with van der Waals surface area (Å²) in [4.78, 5) is 22.4. The lowest BCUT2D eigenvalue weighted by atomic mass is 10.3. The van der Waals surface area contributed by atoms with E-state index >= 15 is 0 Å². The number of carbonyl (C=O) groups excluding carboxylic acids is 1. The van der Waals surface area contributed by atoms with Crippen molar-refractivity contribution in [1.82, 2.24) is 0 Å². The highest BCUT2D eigenvalue weighted by Gasteiger charge is 2.14. The van der Waals surface area contributed by atoms with Crippen LogP contribution in [0.15, 0.2) is 29.2 Å². The Morgan fingerprint density at radius 2 is 2.00 bits per heavy atom. The number of rotatable bonds is 4. The van der Waals surface area contributed by atoms with Gasteiger partial charge < -0.3 is 10.4 Å². The van der Waals surface area contributed by atoms with E-state index in [4.69, 9.17) is 5.11 Å². The van der Waals surface area contributed by atoms with Gasteiger partial charge in [0.1, 0.15) is 5.25 Å². The molecule has 0 bridgehead atoms. The maximum atomic E-state index is 10.9. The highest BCUT2D eigenvalue weighted by molar-refractivity contribution is 8.00. The molecule has 1 amide bonds. The number of hydrogen-bond acceptors (Lipinski definition) is 3. The number of aliphatic carboxylic acids is 1. The molecule has 0 saturated heterocycles. The smallest absolute Gasteiger partial charge is 0.316 e. The van der Waals surface area contributed by atoms with Crippen molar-refractivity contribution < 1.29 is 14.7 Å². The second kappa shape index (κ2) is 5.55. The van der Waals surface area contributed by atoms with Gasteiger partial charge in [-0.1, -0.05) is 12.1 Å². The van der Waals surface area contributed by atoms with Crippen LogP contribution in [0.25, 0.3) is 0 Å². The number of para-hydroxylation sites is 1. The number of anilines is 1. The lowest BCUT2D eigenvalue weighted by Crippen LogP contribution is -2.12. The van der Waals surface area contributed by atoms with Crippen LogP contribution in [0.5, 0.6) is 0 Å². The Bertz CT molecular complexity index is 406. The molecule has 0 radical (unpaired) electrons. The second-order valence-electron chi connectivity index (χ2n) is 3.28. The summed E-state index contributed by atoms with van der Waals surface area (Å²) < 4.78 is 0. The Hall–Kier alpha value is -1.49. The predicted molar refractivity (Wildman–Crippen MR) is 63.7 cm³/mol. The van der Waals surface area contributed by atoms with Crippen LogP contribution >= 0.6 is 11.8 Å². The molecule has 0 unspecified atom stereocenters. The largest absolute Gasteiger partial charge is 0.480 e. The first kappa shape index (κ1) is 12.6. The molecule has 4 nitrogen and oxygen atoms in total. The molecule has 0 saturated carbocycles. The maximum Gasteiger partial charge on any atom is 0.316 e. The summed E-state index contributed by atoms with van der Waals surface area (Å²) in [5, 5.41) is 10.9. The Kier molecular flexibility index (Phi) is 4.37. The predicted octanol–water partition coefficient (Wildman–Crippen LogP) is 2.21. The minimum Gasteiger partial charge on any atom is -0.480 e. The molecule has 0 spiro atoms. The van der Waals surface area contributed by atoms with Crippen LogP contribution in [0.1, 0.15) is 13.8 Å². The van der Waals surface area contributed by atoms with Crippen molar-refractivity contribution in [2.24, 2.45) is 0 Å². The Morgan fingerprint density at radius 1 is 1.38 bits per heavy atom. The number of hydrogen-bond donors (Lipinski definition) is 2. The molecule has 2 N–H and O–H groups in total. The molecule has 0 aliphatic rings. The first-order valence-electron chi connectivity index (χ1n) is 4.77. The van der Waals surface area contributed by atoms with E-state index in [0.717, 1.165) is 4.90 Å². The third kappa shape index (κ3) is 3.58. The molecule has 1 rings (SSSR count).